The highest BCUT2D eigenvalue weighted by atomic mass is 16.4. The first-order valence-electron chi connectivity index (χ1n) is 14.4. The van der Waals surface area contributed by atoms with Crippen molar-refractivity contribution in [1.82, 2.24) is 0 Å². The molecule has 0 saturated heterocycles. The lowest BCUT2D eigenvalue weighted by Crippen LogP contribution is -2.46. The predicted molar refractivity (Wildman–Crippen MR) is 163 cm³/mol. The molecule has 1 fully saturated rings. The molecule has 41 heavy (non-hydrogen) atoms. The number of anilines is 1. The molecule has 1 aliphatic carbocycles. The lowest BCUT2D eigenvalue weighted by atomic mass is 9.70. The summed E-state index contributed by atoms with van der Waals surface area (Å²) in [5.74, 6) is -1.69. The number of benzene rings is 3. The van der Waals surface area contributed by atoms with E-state index in [9.17, 15) is 19.8 Å². The van der Waals surface area contributed by atoms with Crippen molar-refractivity contribution in [3.63, 3.8) is 0 Å². The third-order valence-electron chi connectivity index (χ3n) is 9.40. The van der Waals surface area contributed by atoms with Gasteiger partial charge in [-0.15, -0.1) is 0 Å². The van der Waals surface area contributed by atoms with Gasteiger partial charge in [0, 0.05) is 46.6 Å². The Morgan fingerprint density at radius 2 is 1.76 bits per heavy atom. The number of Topliss-reactive ketones (excluding diaryl/α,β-unsaturated/α-hetero) is 1. The van der Waals surface area contributed by atoms with Gasteiger partial charge in [-0.1, -0.05) is 44.2 Å². The topological polar surface area (TPSA) is 80.8 Å². The number of carbonyl (C=O) groups is 2. The molecule has 210 valence electrons. The SMILES string of the molecule is CCN1C(=CC2C(=O)C(=CC3=[N+](CC)c4ccc5ccccc5c4C3(C)C)C2O)C(C)(C)c2cc(C(=O)O)ccc21. The minimum absolute atomic E-state index is 0.0702. The van der Waals surface area contributed by atoms with Gasteiger partial charge in [-0.3, -0.25) is 4.79 Å². The van der Waals surface area contributed by atoms with E-state index in [1.807, 2.05) is 45.1 Å². The first kappa shape index (κ1) is 27.2. The van der Waals surface area contributed by atoms with Gasteiger partial charge in [-0.25, -0.2) is 4.79 Å². The Bertz CT molecular complexity index is 1740. The summed E-state index contributed by atoms with van der Waals surface area (Å²) in [6, 6.07) is 17.9. The number of fused-ring (bicyclic) bond motifs is 4. The van der Waals surface area contributed by atoms with Gasteiger partial charge in [0.2, 0.25) is 5.69 Å². The second-order valence-electron chi connectivity index (χ2n) is 12.3. The van der Waals surface area contributed by atoms with Crippen LogP contribution in [-0.2, 0) is 15.6 Å². The van der Waals surface area contributed by atoms with Crippen LogP contribution in [0.25, 0.3) is 10.8 Å². The van der Waals surface area contributed by atoms with Gasteiger partial charge in [-0.05, 0) is 68.3 Å². The molecule has 0 radical (unpaired) electrons. The summed E-state index contributed by atoms with van der Waals surface area (Å²) in [6.07, 6.45) is 2.91. The number of likely N-dealkylation sites (N-methyl/N-ethyl adjacent to an activating group) is 1. The van der Waals surface area contributed by atoms with Crippen LogP contribution in [0, 0.1) is 5.92 Å². The van der Waals surface area contributed by atoms with Gasteiger partial charge in [0.1, 0.15) is 6.54 Å². The van der Waals surface area contributed by atoms with Crippen molar-refractivity contribution in [2.45, 2.75) is 58.5 Å². The average molecular weight is 550 g/mol. The molecular formula is C35H37N2O4+. The van der Waals surface area contributed by atoms with E-state index in [1.54, 1.807) is 12.1 Å². The fraction of sp³-hybridized carbons (Fsp3) is 0.343. The number of allylic oxidation sites excluding steroid dienone is 2. The van der Waals surface area contributed by atoms with E-state index in [0.717, 1.165) is 34.9 Å². The fourth-order valence-electron chi connectivity index (χ4n) is 7.20. The highest BCUT2D eigenvalue weighted by Crippen LogP contribution is 2.50. The van der Waals surface area contributed by atoms with E-state index >= 15 is 0 Å². The van der Waals surface area contributed by atoms with Crippen LogP contribution in [-0.4, -0.2) is 51.4 Å². The van der Waals surface area contributed by atoms with E-state index in [1.165, 1.54) is 16.3 Å². The molecule has 2 N–H and O–H groups in total. The summed E-state index contributed by atoms with van der Waals surface area (Å²) in [5, 5.41) is 23.3. The largest absolute Gasteiger partial charge is 0.478 e. The molecule has 3 aromatic carbocycles. The molecule has 0 bridgehead atoms. The third-order valence-corrected chi connectivity index (χ3v) is 9.40. The Kier molecular flexibility index (Phi) is 6.12. The number of carboxylic acids is 1. The number of rotatable bonds is 5. The molecule has 6 rings (SSSR count). The summed E-state index contributed by atoms with van der Waals surface area (Å²) in [5.41, 5.74) is 5.99. The number of aliphatic hydroxyl groups is 1. The van der Waals surface area contributed by atoms with Crippen molar-refractivity contribution in [2.24, 2.45) is 5.92 Å². The maximum absolute atomic E-state index is 13.7. The molecule has 6 nitrogen and oxygen atoms in total. The Morgan fingerprint density at radius 3 is 2.41 bits per heavy atom. The van der Waals surface area contributed by atoms with Crippen LogP contribution in [0.2, 0.25) is 0 Å². The van der Waals surface area contributed by atoms with E-state index in [2.05, 4.69) is 60.6 Å². The minimum Gasteiger partial charge on any atom is -0.478 e. The quantitative estimate of drug-likeness (QED) is 0.296. The van der Waals surface area contributed by atoms with Crippen LogP contribution in [0.1, 0.15) is 63.0 Å². The first-order chi connectivity index (χ1) is 19.4. The number of carboxylic acid groups (broad SMARTS) is 1. The standard InChI is InChI=1S/C35H36N2O4/c1-7-36-26-15-14-21(33(40)41)17-25(26)34(3,4)28(36)18-23-31(38)24(32(23)39)19-29-35(5,6)30-22-12-10-9-11-20(22)13-16-27(30)37(29)8-2/h9-19,23,31,38H,7-8H2,1-6H3/p+1. The lowest BCUT2D eigenvalue weighted by Gasteiger charge is -2.35. The number of aliphatic hydroxyl groups excluding tert-OH is 1. The van der Waals surface area contributed by atoms with Crippen LogP contribution in [0.4, 0.5) is 11.4 Å². The summed E-state index contributed by atoms with van der Waals surface area (Å²) in [4.78, 5) is 27.4. The molecule has 0 aromatic heterocycles. The summed E-state index contributed by atoms with van der Waals surface area (Å²) >= 11 is 0. The first-order valence-corrected chi connectivity index (χ1v) is 14.4. The van der Waals surface area contributed by atoms with Crippen LogP contribution in [0.5, 0.6) is 0 Å². The van der Waals surface area contributed by atoms with Crippen molar-refractivity contribution in [3.05, 3.63) is 94.7 Å². The second-order valence-corrected chi connectivity index (χ2v) is 12.3. The molecule has 2 unspecified atom stereocenters. The van der Waals surface area contributed by atoms with Crippen LogP contribution in [0.3, 0.4) is 0 Å². The summed E-state index contributed by atoms with van der Waals surface area (Å²) in [7, 11) is 0. The van der Waals surface area contributed by atoms with E-state index in [0.29, 0.717) is 12.1 Å². The van der Waals surface area contributed by atoms with Gasteiger partial charge < -0.3 is 15.1 Å². The van der Waals surface area contributed by atoms with Gasteiger partial charge >= 0.3 is 5.97 Å². The zero-order valence-electron chi connectivity index (χ0n) is 24.5. The van der Waals surface area contributed by atoms with Gasteiger partial charge in [0.15, 0.2) is 11.5 Å². The smallest absolute Gasteiger partial charge is 0.335 e. The lowest BCUT2D eigenvalue weighted by molar-refractivity contribution is -0.433. The average Bonchev–Trinajstić information content (AvgIpc) is 3.31. The van der Waals surface area contributed by atoms with Crippen molar-refractivity contribution < 1.29 is 24.4 Å². The molecule has 0 amide bonds. The maximum atomic E-state index is 13.7. The minimum atomic E-state index is -0.966. The maximum Gasteiger partial charge on any atom is 0.335 e. The third kappa shape index (κ3) is 3.77. The predicted octanol–water partition coefficient (Wildman–Crippen LogP) is 6.12. The van der Waals surface area contributed by atoms with Gasteiger partial charge in [-0.2, -0.15) is 4.58 Å². The molecule has 2 aliphatic heterocycles. The molecule has 0 spiro atoms. The highest BCUT2D eigenvalue weighted by molar-refractivity contribution is 6.15. The van der Waals surface area contributed by atoms with Crippen molar-refractivity contribution in [3.8, 4) is 0 Å². The fourth-order valence-corrected chi connectivity index (χ4v) is 7.20. The second kappa shape index (κ2) is 9.25. The molecule has 2 atom stereocenters. The number of carbonyl (C=O) groups excluding carboxylic acids is 1. The molecule has 3 aromatic rings. The Morgan fingerprint density at radius 1 is 1.02 bits per heavy atom. The van der Waals surface area contributed by atoms with E-state index in [4.69, 9.17) is 0 Å². The van der Waals surface area contributed by atoms with Crippen molar-refractivity contribution in [2.75, 3.05) is 18.0 Å². The van der Waals surface area contributed by atoms with Crippen molar-refractivity contribution in [1.29, 1.82) is 0 Å². The van der Waals surface area contributed by atoms with E-state index in [-0.39, 0.29) is 16.8 Å². The van der Waals surface area contributed by atoms with Gasteiger partial charge in [0.25, 0.3) is 0 Å². The summed E-state index contributed by atoms with van der Waals surface area (Å²) < 4.78 is 2.26. The molecular weight excluding hydrogens is 512 g/mol. The number of nitrogens with zero attached hydrogens (tertiary/aromatic N) is 2. The highest BCUT2D eigenvalue weighted by Gasteiger charge is 2.50. The molecule has 1 saturated carbocycles. The van der Waals surface area contributed by atoms with Crippen LogP contribution < -0.4 is 4.90 Å². The van der Waals surface area contributed by atoms with Crippen LogP contribution in [0.15, 0.2) is 78.0 Å². The Balaban J connectivity index is 1.37. The van der Waals surface area contributed by atoms with Crippen LogP contribution >= 0.6 is 0 Å². The molecule has 2 heterocycles. The number of ketones is 1. The van der Waals surface area contributed by atoms with E-state index < -0.39 is 23.4 Å². The zero-order valence-corrected chi connectivity index (χ0v) is 24.5. The Labute approximate surface area is 240 Å². The normalized spacial score (nSPS) is 24.3. The molecule has 6 heteroatoms. The van der Waals surface area contributed by atoms with Crippen molar-refractivity contribution >= 4 is 39.6 Å². The Hall–Kier alpha value is -4.03. The molecule has 3 aliphatic rings. The van der Waals surface area contributed by atoms with Gasteiger partial charge in [0.05, 0.1) is 23.0 Å². The number of hydrogen-bond acceptors (Lipinski definition) is 4. The monoisotopic (exact) mass is 549 g/mol. The summed E-state index contributed by atoms with van der Waals surface area (Å²) in [6.45, 7) is 14.0. The number of hydrogen-bond donors (Lipinski definition) is 2. The number of aromatic carboxylic acids is 1. The zero-order chi connectivity index (χ0) is 29.4.